The third-order valence-electron chi connectivity index (χ3n) is 9.84. The average Bonchev–Trinajstić information content (AvgIpc) is 3.25. The van der Waals surface area contributed by atoms with Crippen molar-refractivity contribution >= 4 is 45.4 Å². The van der Waals surface area contributed by atoms with E-state index in [9.17, 15) is 19.2 Å². The molecule has 0 aliphatic heterocycles. The molecule has 320 valence electrons. The molecule has 0 amide bonds. The highest BCUT2D eigenvalue weighted by Crippen LogP contribution is 2.29. The lowest BCUT2D eigenvalue weighted by Crippen LogP contribution is -2.11. The maximum atomic E-state index is 13.3. The van der Waals surface area contributed by atoms with Crippen LogP contribution < -0.4 is 18.9 Å². The van der Waals surface area contributed by atoms with Gasteiger partial charge in [-0.15, -0.1) is 0 Å². The number of rotatable bonds is 24. The summed E-state index contributed by atoms with van der Waals surface area (Å²) in [5.41, 5.74) is 2.39. The summed E-state index contributed by atoms with van der Waals surface area (Å²) in [5, 5.41) is 3.63. The first-order valence-corrected chi connectivity index (χ1v) is 21.1. The van der Waals surface area contributed by atoms with Crippen LogP contribution in [0.3, 0.4) is 0 Å². The monoisotopic (exact) mass is 828 g/mol. The summed E-state index contributed by atoms with van der Waals surface area (Å²) in [7, 11) is 0. The molecule has 0 fully saturated rings. The van der Waals surface area contributed by atoms with Crippen LogP contribution in [0.2, 0.25) is 0 Å². The quantitative estimate of drug-likeness (QED) is 0.0257. The SMILES string of the molecule is C=C(C)C(=O)OCCCCCCOc1ccc2cc(C(=O)Oc3ccc(OC(=O)c4ccc5cc(OCCCCCCOC(=O)C(=C)C)ccc5c4)c(CCC)c3)ccc2c1. The van der Waals surface area contributed by atoms with Gasteiger partial charge in [-0.05, 0) is 165 Å². The van der Waals surface area contributed by atoms with E-state index in [1.165, 1.54) is 0 Å². The zero-order chi connectivity index (χ0) is 43.6. The van der Waals surface area contributed by atoms with Crippen LogP contribution in [0, 0.1) is 0 Å². The summed E-state index contributed by atoms with van der Waals surface area (Å²) in [4.78, 5) is 49.5. The molecule has 61 heavy (non-hydrogen) atoms. The fourth-order valence-electron chi connectivity index (χ4n) is 6.46. The summed E-state index contributed by atoms with van der Waals surface area (Å²) in [5.74, 6) is 0.586. The molecule has 0 bridgehead atoms. The van der Waals surface area contributed by atoms with E-state index in [2.05, 4.69) is 13.2 Å². The molecule has 0 aromatic heterocycles. The lowest BCUT2D eigenvalue weighted by molar-refractivity contribution is -0.139. The van der Waals surface area contributed by atoms with Gasteiger partial charge in [0.15, 0.2) is 0 Å². The molecule has 0 spiro atoms. The highest BCUT2D eigenvalue weighted by atomic mass is 16.5. The third kappa shape index (κ3) is 14.4. The standard InChI is InChI=1S/C51H56O10/c1-6-15-41-34-46(60-50(54)42-18-16-39-32-44(22-20-37(39)30-42)56-26-11-7-9-13-28-58-48(52)35(2)3)24-25-47(41)61-51(55)43-19-17-40-33-45(23-21-38(40)31-43)57-27-12-8-10-14-29-59-49(53)36(4)5/h16-25,30-34H,2,4,6-15,26-29H2,1,3,5H3. The molecular formula is C51H56O10. The van der Waals surface area contributed by atoms with E-state index in [1.54, 1.807) is 56.3 Å². The Bertz CT molecular complexity index is 2340. The van der Waals surface area contributed by atoms with Crippen molar-refractivity contribution in [1.82, 2.24) is 0 Å². The maximum Gasteiger partial charge on any atom is 0.343 e. The van der Waals surface area contributed by atoms with Gasteiger partial charge in [0.05, 0.1) is 37.6 Å². The summed E-state index contributed by atoms with van der Waals surface area (Å²) >= 11 is 0. The van der Waals surface area contributed by atoms with Crippen LogP contribution in [0.5, 0.6) is 23.0 Å². The minimum absolute atomic E-state index is 0.350. The number of unbranched alkanes of at least 4 members (excludes halogenated alkanes) is 6. The van der Waals surface area contributed by atoms with E-state index >= 15 is 0 Å². The van der Waals surface area contributed by atoms with Crippen molar-refractivity contribution < 1.29 is 47.6 Å². The molecule has 0 unspecified atom stereocenters. The molecule has 0 aliphatic rings. The number of carbonyl (C=O) groups is 4. The summed E-state index contributed by atoms with van der Waals surface area (Å²) in [6.45, 7) is 14.4. The number of ether oxygens (including phenoxy) is 6. The van der Waals surface area contributed by atoms with Gasteiger partial charge in [0.2, 0.25) is 0 Å². The molecule has 0 atom stereocenters. The van der Waals surface area contributed by atoms with E-state index < -0.39 is 11.9 Å². The fourth-order valence-corrected chi connectivity index (χ4v) is 6.46. The molecule has 5 aromatic rings. The lowest BCUT2D eigenvalue weighted by atomic mass is 10.1. The van der Waals surface area contributed by atoms with Gasteiger partial charge in [0, 0.05) is 11.1 Å². The Hall–Kier alpha value is -6.42. The average molecular weight is 829 g/mol. The van der Waals surface area contributed by atoms with Gasteiger partial charge in [-0.1, -0.05) is 50.8 Å². The molecule has 10 nitrogen and oxygen atoms in total. The molecule has 10 heteroatoms. The second kappa shape index (κ2) is 23.4. The van der Waals surface area contributed by atoms with Gasteiger partial charge in [-0.2, -0.15) is 0 Å². The van der Waals surface area contributed by atoms with Gasteiger partial charge in [0.25, 0.3) is 0 Å². The highest BCUT2D eigenvalue weighted by molar-refractivity contribution is 5.98. The van der Waals surface area contributed by atoms with Crippen LogP contribution in [0.1, 0.15) is 105 Å². The van der Waals surface area contributed by atoms with Crippen LogP contribution >= 0.6 is 0 Å². The van der Waals surface area contributed by atoms with Gasteiger partial charge in [-0.25, -0.2) is 19.2 Å². The molecule has 0 radical (unpaired) electrons. The number of aryl methyl sites for hydroxylation is 1. The molecule has 5 rings (SSSR count). The van der Waals surface area contributed by atoms with Crippen LogP contribution in [-0.2, 0) is 25.5 Å². The molecule has 0 N–H and O–H groups in total. The molecule has 0 aliphatic carbocycles. The van der Waals surface area contributed by atoms with Crippen molar-refractivity contribution in [3.8, 4) is 23.0 Å². The van der Waals surface area contributed by atoms with Gasteiger partial charge in [0.1, 0.15) is 23.0 Å². The van der Waals surface area contributed by atoms with Gasteiger partial charge >= 0.3 is 23.9 Å². The zero-order valence-corrected chi connectivity index (χ0v) is 35.6. The highest BCUT2D eigenvalue weighted by Gasteiger charge is 2.16. The first-order valence-electron chi connectivity index (χ1n) is 21.1. The number of fused-ring (bicyclic) bond motifs is 2. The third-order valence-corrected chi connectivity index (χ3v) is 9.84. The minimum Gasteiger partial charge on any atom is -0.494 e. The lowest BCUT2D eigenvalue weighted by Gasteiger charge is -2.13. The van der Waals surface area contributed by atoms with Crippen molar-refractivity contribution in [2.75, 3.05) is 26.4 Å². The molecule has 0 heterocycles. The molecule has 0 saturated heterocycles. The first-order chi connectivity index (χ1) is 29.5. The Labute approximate surface area is 358 Å². The van der Waals surface area contributed by atoms with E-state index in [4.69, 9.17) is 28.4 Å². The van der Waals surface area contributed by atoms with E-state index in [0.29, 0.717) is 66.6 Å². The smallest absolute Gasteiger partial charge is 0.343 e. The second-order valence-electron chi connectivity index (χ2n) is 15.1. The van der Waals surface area contributed by atoms with Gasteiger partial charge < -0.3 is 28.4 Å². The Balaban J connectivity index is 1.09. The van der Waals surface area contributed by atoms with Crippen LogP contribution in [0.25, 0.3) is 21.5 Å². The predicted molar refractivity (Wildman–Crippen MR) is 238 cm³/mol. The van der Waals surface area contributed by atoms with E-state index in [0.717, 1.165) is 96.4 Å². The van der Waals surface area contributed by atoms with Gasteiger partial charge in [-0.3, -0.25) is 0 Å². The maximum absolute atomic E-state index is 13.3. The summed E-state index contributed by atoms with van der Waals surface area (Å²) in [6.07, 6.45) is 8.59. The second-order valence-corrected chi connectivity index (χ2v) is 15.1. The first kappa shape index (κ1) is 45.7. The van der Waals surface area contributed by atoms with Crippen molar-refractivity contribution in [2.24, 2.45) is 0 Å². The minimum atomic E-state index is -0.496. The van der Waals surface area contributed by atoms with Crippen molar-refractivity contribution in [2.45, 2.75) is 85.0 Å². The topological polar surface area (TPSA) is 124 Å². The number of hydrogen-bond acceptors (Lipinski definition) is 10. The molecular weight excluding hydrogens is 773 g/mol. The summed E-state index contributed by atoms with van der Waals surface area (Å²) < 4.78 is 33.8. The Kier molecular flexibility index (Phi) is 17.5. The Morgan fingerprint density at radius 3 is 1.38 bits per heavy atom. The van der Waals surface area contributed by atoms with Crippen molar-refractivity contribution in [3.05, 3.63) is 132 Å². The predicted octanol–water partition coefficient (Wildman–Crippen LogP) is 11.5. The van der Waals surface area contributed by atoms with Crippen molar-refractivity contribution in [3.63, 3.8) is 0 Å². The summed E-state index contributed by atoms with van der Waals surface area (Å²) in [6, 6.07) is 27.4. The van der Waals surface area contributed by atoms with E-state index in [1.807, 2.05) is 55.5 Å². The molecule has 0 saturated carbocycles. The van der Waals surface area contributed by atoms with Crippen molar-refractivity contribution in [1.29, 1.82) is 0 Å². The number of benzene rings is 5. The fraction of sp³-hybridized carbons (Fsp3) is 0.333. The number of carbonyl (C=O) groups excluding carboxylic acids is 4. The number of esters is 4. The number of hydrogen-bond donors (Lipinski definition) is 0. The van der Waals surface area contributed by atoms with Crippen LogP contribution in [-0.4, -0.2) is 50.3 Å². The van der Waals surface area contributed by atoms with Crippen LogP contribution in [0.4, 0.5) is 0 Å². The Morgan fingerprint density at radius 2 is 0.902 bits per heavy atom. The molecule has 5 aromatic carbocycles. The van der Waals surface area contributed by atoms with Crippen LogP contribution in [0.15, 0.2) is 115 Å². The van der Waals surface area contributed by atoms with E-state index in [-0.39, 0.29) is 11.9 Å². The normalized spacial score (nSPS) is 10.9. The Morgan fingerprint density at radius 1 is 0.475 bits per heavy atom. The largest absolute Gasteiger partial charge is 0.494 e. The zero-order valence-electron chi connectivity index (χ0n) is 35.6.